The van der Waals surface area contributed by atoms with Gasteiger partial charge in [-0.2, -0.15) is 13.2 Å². The first-order chi connectivity index (χ1) is 15.2. The molecule has 0 aliphatic rings. The van der Waals surface area contributed by atoms with Crippen molar-refractivity contribution >= 4 is 27.7 Å². The minimum Gasteiger partial charge on any atom is -0.490 e. The number of rotatable bonds is 8. The van der Waals surface area contributed by atoms with Crippen molar-refractivity contribution in [3.05, 3.63) is 64.7 Å². The molecule has 0 heterocycles. The largest absolute Gasteiger partial charge is 0.490 e. The van der Waals surface area contributed by atoms with Gasteiger partial charge in [0.15, 0.2) is 11.6 Å². The minimum atomic E-state index is -4.56. The smallest absolute Gasteiger partial charge is 0.416 e. The highest BCUT2D eigenvalue weighted by Crippen LogP contribution is 2.34. The van der Waals surface area contributed by atoms with Crippen molar-refractivity contribution < 1.29 is 39.9 Å². The molecule has 2 rings (SSSR count). The Morgan fingerprint density at radius 3 is 2.24 bits per heavy atom. The number of carbonyl (C=O) groups excluding carboxylic acids is 1. The van der Waals surface area contributed by atoms with Crippen molar-refractivity contribution in [2.24, 2.45) is 0 Å². The maximum absolute atomic E-state index is 14.0. The number of anilines is 1. The van der Waals surface area contributed by atoms with Crippen LogP contribution in [0.25, 0.3) is 6.08 Å². The van der Waals surface area contributed by atoms with Crippen LogP contribution >= 0.6 is 0 Å². The van der Waals surface area contributed by atoms with Crippen LogP contribution < -0.4 is 14.8 Å². The fourth-order valence-electron chi connectivity index (χ4n) is 2.63. The number of amides is 1. The number of hydrogen-bond acceptors (Lipinski definition) is 4. The van der Waals surface area contributed by atoms with E-state index in [0.717, 1.165) is 42.7 Å². The van der Waals surface area contributed by atoms with Gasteiger partial charge < -0.3 is 10.1 Å². The normalized spacial score (nSPS) is 12.3. The number of nitrogens with one attached hydrogen (secondary N) is 2. The van der Waals surface area contributed by atoms with Crippen molar-refractivity contribution in [3.63, 3.8) is 0 Å². The summed E-state index contributed by atoms with van der Waals surface area (Å²) in [5, 5.41) is 2.37. The van der Waals surface area contributed by atoms with E-state index < -0.39 is 51.1 Å². The number of halogens is 5. The first kappa shape index (κ1) is 26.1. The molecule has 12 heteroatoms. The quantitative estimate of drug-likeness (QED) is 0.421. The summed E-state index contributed by atoms with van der Waals surface area (Å²) in [7, 11) is -3.90. The van der Waals surface area contributed by atoms with Gasteiger partial charge in [0.25, 0.3) is 0 Å². The van der Waals surface area contributed by atoms with E-state index in [1.807, 2.05) is 0 Å². The Bertz CT molecular complexity index is 1140. The third-order valence-corrected chi connectivity index (χ3v) is 4.55. The molecule has 2 aromatic rings. The van der Waals surface area contributed by atoms with Crippen molar-refractivity contribution in [1.29, 1.82) is 0 Å². The van der Waals surface area contributed by atoms with E-state index in [4.69, 9.17) is 4.74 Å². The Labute approximate surface area is 187 Å². The number of hydrogen-bond donors (Lipinski definition) is 2. The Morgan fingerprint density at radius 1 is 1.12 bits per heavy atom. The summed E-state index contributed by atoms with van der Waals surface area (Å²) in [6, 6.07) is 4.54. The fraction of sp³-hybridized carbons (Fsp3) is 0.286. The topological polar surface area (TPSA) is 84.5 Å². The van der Waals surface area contributed by atoms with Crippen molar-refractivity contribution in [1.82, 2.24) is 5.32 Å². The molecule has 0 saturated heterocycles. The lowest BCUT2D eigenvalue weighted by Gasteiger charge is -2.15. The number of carbonyl (C=O) groups is 1. The van der Waals surface area contributed by atoms with E-state index >= 15 is 0 Å². The zero-order valence-corrected chi connectivity index (χ0v) is 18.6. The van der Waals surface area contributed by atoms with E-state index in [2.05, 4.69) is 5.32 Å². The molecule has 6 nitrogen and oxygen atoms in total. The second-order valence-corrected chi connectivity index (χ2v) is 9.03. The Hall–Kier alpha value is -3.15. The number of alkyl halides is 3. The third kappa shape index (κ3) is 8.04. The molecule has 0 aliphatic carbocycles. The van der Waals surface area contributed by atoms with Crippen LogP contribution in [0.15, 0.2) is 36.4 Å². The molecule has 0 radical (unpaired) electrons. The standard InChI is InChI=1S/C21H21F5N2O4S/c1-12(2)32-18-10-15(21(24,25)26)6-4-14(18)5-7-19(29)27-11-13-8-16(22)20(17(23)9-13)28-33(3,30)31/h4-10,12,28H,11H2,1-3H3,(H,27,29)/b7-5+. The lowest BCUT2D eigenvalue weighted by molar-refractivity contribution is -0.137. The van der Waals surface area contributed by atoms with Crippen LogP contribution in [0.4, 0.5) is 27.6 Å². The average molecular weight is 492 g/mol. The fourth-order valence-corrected chi connectivity index (χ4v) is 3.19. The molecular formula is C21H21F5N2O4S. The average Bonchev–Trinajstić information content (AvgIpc) is 2.66. The van der Waals surface area contributed by atoms with E-state index in [-0.39, 0.29) is 23.4 Å². The summed E-state index contributed by atoms with van der Waals surface area (Å²) < 4.78 is 96.3. The summed E-state index contributed by atoms with van der Waals surface area (Å²) >= 11 is 0. The van der Waals surface area contributed by atoms with Gasteiger partial charge in [0.05, 0.1) is 17.9 Å². The summed E-state index contributed by atoms with van der Waals surface area (Å²) in [6.45, 7) is 2.98. The molecule has 0 atom stereocenters. The SMILES string of the molecule is CC(C)Oc1cc(C(F)(F)F)ccc1/C=C/C(=O)NCc1cc(F)c(NS(C)(=O)=O)c(F)c1. The van der Waals surface area contributed by atoms with Crippen LogP contribution in [-0.2, 0) is 27.5 Å². The Morgan fingerprint density at radius 2 is 1.73 bits per heavy atom. The highest BCUT2D eigenvalue weighted by molar-refractivity contribution is 7.92. The first-order valence-corrected chi connectivity index (χ1v) is 11.3. The highest BCUT2D eigenvalue weighted by Gasteiger charge is 2.31. The molecule has 1 amide bonds. The maximum atomic E-state index is 14.0. The molecule has 2 aromatic carbocycles. The number of benzene rings is 2. The summed E-state index contributed by atoms with van der Waals surface area (Å²) in [5.41, 5.74) is -1.51. The molecule has 0 bridgehead atoms. The van der Waals surface area contributed by atoms with E-state index in [1.54, 1.807) is 18.6 Å². The van der Waals surface area contributed by atoms with Gasteiger partial charge in [-0.15, -0.1) is 0 Å². The monoisotopic (exact) mass is 492 g/mol. The molecule has 2 N–H and O–H groups in total. The van der Waals surface area contributed by atoms with Gasteiger partial charge in [0.1, 0.15) is 11.4 Å². The Balaban J connectivity index is 2.13. The van der Waals surface area contributed by atoms with Gasteiger partial charge in [-0.05, 0) is 49.8 Å². The number of sulfonamides is 1. The maximum Gasteiger partial charge on any atom is 0.416 e. The molecule has 0 fully saturated rings. The molecule has 0 aliphatic heterocycles. The molecular weight excluding hydrogens is 471 g/mol. The predicted molar refractivity (Wildman–Crippen MR) is 113 cm³/mol. The van der Waals surface area contributed by atoms with Crippen LogP contribution in [0.1, 0.15) is 30.5 Å². The van der Waals surface area contributed by atoms with Crippen molar-refractivity contribution in [2.45, 2.75) is 32.7 Å². The second kappa shape index (κ2) is 10.2. The number of ether oxygens (including phenoxy) is 1. The van der Waals surface area contributed by atoms with Gasteiger partial charge >= 0.3 is 6.18 Å². The lowest BCUT2D eigenvalue weighted by Crippen LogP contribution is -2.21. The second-order valence-electron chi connectivity index (χ2n) is 7.28. The molecule has 0 aromatic heterocycles. The summed E-state index contributed by atoms with van der Waals surface area (Å²) in [5.74, 6) is -3.09. The zero-order chi connectivity index (χ0) is 25.0. The van der Waals surface area contributed by atoms with Gasteiger partial charge in [-0.25, -0.2) is 17.2 Å². The van der Waals surface area contributed by atoms with Gasteiger partial charge in [-0.1, -0.05) is 6.07 Å². The minimum absolute atomic E-state index is 0.0177. The highest BCUT2D eigenvalue weighted by atomic mass is 32.2. The molecule has 180 valence electrons. The van der Waals surface area contributed by atoms with Crippen LogP contribution in [0.2, 0.25) is 0 Å². The van der Waals surface area contributed by atoms with Crippen LogP contribution in [0.3, 0.4) is 0 Å². The third-order valence-electron chi connectivity index (χ3n) is 3.97. The Kier molecular flexibility index (Phi) is 8.06. The lowest BCUT2D eigenvalue weighted by atomic mass is 10.1. The predicted octanol–water partition coefficient (Wildman–Crippen LogP) is 4.47. The first-order valence-electron chi connectivity index (χ1n) is 9.45. The van der Waals surface area contributed by atoms with E-state index in [0.29, 0.717) is 0 Å². The van der Waals surface area contributed by atoms with Crippen molar-refractivity contribution in [2.75, 3.05) is 11.0 Å². The molecule has 33 heavy (non-hydrogen) atoms. The van der Waals surface area contributed by atoms with Gasteiger partial charge in [-0.3, -0.25) is 9.52 Å². The van der Waals surface area contributed by atoms with E-state index in [9.17, 15) is 35.2 Å². The van der Waals surface area contributed by atoms with Gasteiger partial charge in [0.2, 0.25) is 15.9 Å². The molecule has 0 spiro atoms. The zero-order valence-electron chi connectivity index (χ0n) is 17.8. The summed E-state index contributed by atoms with van der Waals surface area (Å²) in [6.07, 6.45) is -1.97. The van der Waals surface area contributed by atoms with Crippen LogP contribution in [0, 0.1) is 11.6 Å². The molecule has 0 saturated carbocycles. The van der Waals surface area contributed by atoms with Crippen LogP contribution in [-0.4, -0.2) is 26.7 Å². The van der Waals surface area contributed by atoms with E-state index in [1.165, 1.54) is 6.08 Å². The molecule has 0 unspecified atom stereocenters. The summed E-state index contributed by atoms with van der Waals surface area (Å²) in [4.78, 5) is 12.1. The van der Waals surface area contributed by atoms with Crippen LogP contribution in [0.5, 0.6) is 5.75 Å². The van der Waals surface area contributed by atoms with Gasteiger partial charge in [0, 0.05) is 18.2 Å². The van der Waals surface area contributed by atoms with Crippen molar-refractivity contribution in [3.8, 4) is 5.75 Å².